The molecule has 0 atom stereocenters. The van der Waals surface area contributed by atoms with Gasteiger partial charge in [-0.15, -0.1) is 0 Å². The Bertz CT molecular complexity index is 658. The fourth-order valence-corrected chi connectivity index (χ4v) is 2.01. The van der Waals surface area contributed by atoms with E-state index >= 15 is 0 Å². The van der Waals surface area contributed by atoms with Gasteiger partial charge in [0, 0.05) is 23.3 Å². The lowest BCUT2D eigenvalue weighted by Gasteiger charge is -2.21. The molecule has 0 fully saturated rings. The second-order valence-electron chi connectivity index (χ2n) is 5.91. The lowest BCUT2D eigenvalue weighted by Crippen LogP contribution is -2.35. The van der Waals surface area contributed by atoms with Gasteiger partial charge in [-0.3, -0.25) is 4.79 Å². The third kappa shape index (κ3) is 4.06. The minimum Gasteiger partial charge on any atom is -0.366 e. The molecule has 5 nitrogen and oxygen atoms in total. The van der Waals surface area contributed by atoms with Gasteiger partial charge in [-0.2, -0.15) is 5.10 Å². The molecule has 0 aliphatic carbocycles. The van der Waals surface area contributed by atoms with Crippen molar-refractivity contribution in [1.82, 2.24) is 15.1 Å². The van der Waals surface area contributed by atoms with E-state index in [0.717, 1.165) is 11.3 Å². The van der Waals surface area contributed by atoms with Crippen LogP contribution in [-0.2, 0) is 6.54 Å². The first-order chi connectivity index (χ1) is 9.76. The monoisotopic (exact) mass is 306 g/mol. The topological polar surface area (TPSA) is 72.9 Å². The van der Waals surface area contributed by atoms with E-state index in [1.165, 1.54) is 6.20 Å². The Morgan fingerprint density at radius 3 is 2.71 bits per heavy atom. The average molecular weight is 307 g/mol. The van der Waals surface area contributed by atoms with Crippen molar-refractivity contribution >= 4 is 17.5 Å². The first-order valence-electron chi connectivity index (χ1n) is 6.64. The summed E-state index contributed by atoms with van der Waals surface area (Å²) in [7, 11) is 0. The Hall–Kier alpha value is -1.85. The van der Waals surface area contributed by atoms with Gasteiger partial charge in [0.25, 0.3) is 5.91 Å². The summed E-state index contributed by atoms with van der Waals surface area (Å²) in [6.45, 7) is 6.97. The maximum atomic E-state index is 11.2. The zero-order valence-corrected chi connectivity index (χ0v) is 13.1. The van der Waals surface area contributed by atoms with Crippen LogP contribution < -0.4 is 11.1 Å². The zero-order chi connectivity index (χ0) is 15.6. The van der Waals surface area contributed by atoms with Crippen molar-refractivity contribution < 1.29 is 4.79 Å². The van der Waals surface area contributed by atoms with Gasteiger partial charge in [0.2, 0.25) is 0 Å². The number of nitrogens with one attached hydrogen (secondary N) is 1. The van der Waals surface area contributed by atoms with Gasteiger partial charge in [0.15, 0.2) is 0 Å². The van der Waals surface area contributed by atoms with Crippen LogP contribution in [-0.4, -0.2) is 21.2 Å². The molecule has 0 aliphatic rings. The highest BCUT2D eigenvalue weighted by molar-refractivity contribution is 6.30. The fourth-order valence-electron chi connectivity index (χ4n) is 1.84. The van der Waals surface area contributed by atoms with Crippen LogP contribution in [0.1, 0.15) is 36.7 Å². The van der Waals surface area contributed by atoms with Crippen LogP contribution in [0.3, 0.4) is 0 Å². The van der Waals surface area contributed by atoms with E-state index in [1.807, 2.05) is 18.2 Å². The fraction of sp³-hybridized carbons (Fsp3) is 0.333. The number of amides is 1. The third-order valence-electron chi connectivity index (χ3n) is 2.97. The smallest absolute Gasteiger partial charge is 0.251 e. The molecule has 0 radical (unpaired) electrons. The maximum absolute atomic E-state index is 11.2. The quantitative estimate of drug-likeness (QED) is 0.911. The number of hydrogen-bond acceptors (Lipinski definition) is 3. The molecule has 0 bridgehead atoms. The first kappa shape index (κ1) is 15.5. The summed E-state index contributed by atoms with van der Waals surface area (Å²) in [5.41, 5.74) is 7.48. The molecule has 21 heavy (non-hydrogen) atoms. The minimum atomic E-state index is -0.502. The van der Waals surface area contributed by atoms with Crippen LogP contribution >= 0.6 is 11.6 Å². The predicted octanol–water partition coefficient (Wildman–Crippen LogP) is 2.51. The summed E-state index contributed by atoms with van der Waals surface area (Å²) in [5.74, 6) is -0.502. The Kier molecular flexibility index (Phi) is 4.34. The Morgan fingerprint density at radius 2 is 2.14 bits per heavy atom. The minimum absolute atomic E-state index is 0.000588. The number of halogens is 1. The summed E-state index contributed by atoms with van der Waals surface area (Å²) in [6.07, 6.45) is 3.05. The number of hydrogen-bond donors (Lipinski definition) is 2. The second-order valence-corrected chi connectivity index (χ2v) is 6.35. The summed E-state index contributed by atoms with van der Waals surface area (Å²) in [6, 6.07) is 5.60. The van der Waals surface area contributed by atoms with Crippen molar-refractivity contribution in [3.8, 4) is 5.69 Å². The molecule has 1 aromatic carbocycles. The molecular weight excluding hydrogens is 288 g/mol. The van der Waals surface area contributed by atoms with Crippen LogP contribution in [0.5, 0.6) is 0 Å². The number of aromatic nitrogens is 2. The Labute approximate surface area is 129 Å². The molecule has 0 unspecified atom stereocenters. The SMILES string of the molecule is CC(C)(C)NCc1ccc(Cl)cc1-n1cc(C(N)=O)cn1. The molecule has 0 saturated carbocycles. The van der Waals surface area contributed by atoms with E-state index in [-0.39, 0.29) is 5.54 Å². The van der Waals surface area contributed by atoms with E-state index in [2.05, 4.69) is 31.2 Å². The van der Waals surface area contributed by atoms with E-state index in [4.69, 9.17) is 17.3 Å². The Morgan fingerprint density at radius 1 is 1.43 bits per heavy atom. The third-order valence-corrected chi connectivity index (χ3v) is 3.21. The zero-order valence-electron chi connectivity index (χ0n) is 12.4. The molecule has 1 aromatic heterocycles. The van der Waals surface area contributed by atoms with Crippen molar-refractivity contribution in [3.63, 3.8) is 0 Å². The molecule has 3 N–H and O–H groups in total. The van der Waals surface area contributed by atoms with Crippen LogP contribution in [0.25, 0.3) is 5.69 Å². The van der Waals surface area contributed by atoms with Gasteiger partial charge < -0.3 is 11.1 Å². The Balaban J connectivity index is 2.36. The lowest BCUT2D eigenvalue weighted by atomic mass is 10.1. The van der Waals surface area contributed by atoms with Crippen molar-refractivity contribution in [3.05, 3.63) is 46.7 Å². The number of rotatable bonds is 4. The number of primary amides is 1. The predicted molar refractivity (Wildman–Crippen MR) is 83.7 cm³/mol. The van der Waals surface area contributed by atoms with Crippen LogP contribution in [0.2, 0.25) is 5.02 Å². The van der Waals surface area contributed by atoms with Crippen LogP contribution in [0.4, 0.5) is 0 Å². The number of carbonyl (C=O) groups excluding carboxylic acids is 1. The van der Waals surface area contributed by atoms with E-state index in [1.54, 1.807) is 10.9 Å². The maximum Gasteiger partial charge on any atom is 0.251 e. The molecule has 1 amide bonds. The van der Waals surface area contributed by atoms with E-state index in [9.17, 15) is 4.79 Å². The summed E-state index contributed by atoms with van der Waals surface area (Å²) >= 11 is 6.07. The summed E-state index contributed by atoms with van der Waals surface area (Å²) in [5, 5.41) is 8.22. The van der Waals surface area contributed by atoms with E-state index < -0.39 is 5.91 Å². The molecule has 112 valence electrons. The first-order valence-corrected chi connectivity index (χ1v) is 7.02. The van der Waals surface area contributed by atoms with Crippen LogP contribution in [0.15, 0.2) is 30.6 Å². The number of benzene rings is 1. The van der Waals surface area contributed by atoms with E-state index in [0.29, 0.717) is 17.1 Å². The van der Waals surface area contributed by atoms with Crippen molar-refractivity contribution in [2.24, 2.45) is 5.73 Å². The molecule has 0 spiro atoms. The highest BCUT2D eigenvalue weighted by atomic mass is 35.5. The molecule has 1 heterocycles. The molecule has 6 heteroatoms. The number of nitrogens with two attached hydrogens (primary N) is 1. The van der Waals surface area contributed by atoms with Crippen LogP contribution in [0, 0.1) is 0 Å². The van der Waals surface area contributed by atoms with Gasteiger partial charge in [0.1, 0.15) is 0 Å². The van der Waals surface area contributed by atoms with Gasteiger partial charge in [-0.25, -0.2) is 4.68 Å². The highest BCUT2D eigenvalue weighted by Gasteiger charge is 2.13. The molecular formula is C15H19ClN4O. The van der Waals surface area contributed by atoms with Gasteiger partial charge in [-0.1, -0.05) is 17.7 Å². The normalized spacial score (nSPS) is 11.6. The second kappa shape index (κ2) is 5.87. The molecule has 2 aromatic rings. The standard InChI is InChI=1S/C15H19ClN4O/c1-15(2,3)18-7-10-4-5-12(16)6-13(10)20-9-11(8-19-20)14(17)21/h4-6,8-9,18H,7H2,1-3H3,(H2,17,21). The lowest BCUT2D eigenvalue weighted by molar-refractivity contribution is 0.100. The van der Waals surface area contributed by atoms with Crippen molar-refractivity contribution in [2.75, 3.05) is 0 Å². The van der Waals surface area contributed by atoms with Gasteiger partial charge in [-0.05, 0) is 38.5 Å². The van der Waals surface area contributed by atoms with Crippen molar-refractivity contribution in [1.29, 1.82) is 0 Å². The van der Waals surface area contributed by atoms with Gasteiger partial charge in [0.05, 0.1) is 17.4 Å². The molecule has 2 rings (SSSR count). The number of nitrogens with zero attached hydrogens (tertiary/aromatic N) is 2. The average Bonchev–Trinajstić information content (AvgIpc) is 2.85. The largest absolute Gasteiger partial charge is 0.366 e. The summed E-state index contributed by atoms with van der Waals surface area (Å²) in [4.78, 5) is 11.2. The van der Waals surface area contributed by atoms with Gasteiger partial charge >= 0.3 is 0 Å². The summed E-state index contributed by atoms with van der Waals surface area (Å²) < 4.78 is 1.62. The molecule has 0 saturated heterocycles. The number of carbonyl (C=O) groups is 1. The highest BCUT2D eigenvalue weighted by Crippen LogP contribution is 2.20. The molecule has 0 aliphatic heterocycles. The van der Waals surface area contributed by atoms with Crippen molar-refractivity contribution in [2.45, 2.75) is 32.9 Å².